The molecule has 1 aliphatic carbocycles. The van der Waals surface area contributed by atoms with Gasteiger partial charge in [-0.2, -0.15) is 4.98 Å². The number of hydrogen-bond acceptors (Lipinski definition) is 5. The van der Waals surface area contributed by atoms with Crippen molar-refractivity contribution in [2.24, 2.45) is 0 Å². The summed E-state index contributed by atoms with van der Waals surface area (Å²) in [5, 5.41) is 12.9. The van der Waals surface area contributed by atoms with Crippen LogP contribution in [0.3, 0.4) is 0 Å². The molecule has 4 rings (SSSR count). The fraction of sp³-hybridized carbons (Fsp3) is 0.484. The third-order valence-electron chi connectivity index (χ3n) is 7.91. The summed E-state index contributed by atoms with van der Waals surface area (Å²) >= 11 is 0. The second-order valence-electron chi connectivity index (χ2n) is 10.9. The number of fused-ring (bicyclic) bond motifs is 1. The lowest BCUT2D eigenvalue weighted by atomic mass is 9.73. The smallest absolute Gasteiger partial charge is 0.348 e. The fourth-order valence-corrected chi connectivity index (χ4v) is 5.68. The summed E-state index contributed by atoms with van der Waals surface area (Å²) in [6.45, 7) is 8.18. The van der Waals surface area contributed by atoms with Crippen molar-refractivity contribution in [1.82, 2.24) is 19.8 Å². The minimum Gasteiger partial charge on any atom is -0.493 e. The van der Waals surface area contributed by atoms with Gasteiger partial charge in [0.05, 0.1) is 29.2 Å². The molecule has 9 nitrogen and oxygen atoms in total. The Bertz CT molecular complexity index is 1500. The number of hydrogen-bond donors (Lipinski definition) is 2. The van der Waals surface area contributed by atoms with E-state index in [4.69, 9.17) is 4.74 Å². The van der Waals surface area contributed by atoms with E-state index in [2.05, 4.69) is 10.3 Å². The number of urea groups is 1. The Morgan fingerprint density at radius 2 is 1.86 bits per heavy atom. The van der Waals surface area contributed by atoms with Crippen molar-refractivity contribution in [3.63, 3.8) is 0 Å². The molecule has 1 unspecified atom stereocenters. The lowest BCUT2D eigenvalue weighted by molar-refractivity contribution is -0.175. The molecule has 1 saturated carbocycles. The molecule has 0 bridgehead atoms. The summed E-state index contributed by atoms with van der Waals surface area (Å²) in [4.78, 5) is 44.0. The third kappa shape index (κ3) is 6.39. The molecule has 0 saturated heterocycles. The molecule has 1 aliphatic rings. The summed E-state index contributed by atoms with van der Waals surface area (Å²) in [5.41, 5.74) is 0.494. The molecule has 2 N–H and O–H groups in total. The van der Waals surface area contributed by atoms with Crippen LogP contribution >= 0.6 is 0 Å². The van der Waals surface area contributed by atoms with E-state index in [1.54, 1.807) is 19.9 Å². The number of carbonyl (C=O) groups excluding carboxylic acids is 1. The van der Waals surface area contributed by atoms with Crippen LogP contribution in [0.15, 0.2) is 47.3 Å². The molecule has 1 heterocycles. The normalized spacial score (nSPS) is 16.0. The number of unbranched alkanes of at least 4 members (excludes halogenated alkanes) is 1. The summed E-state index contributed by atoms with van der Waals surface area (Å²) in [6, 6.07) is 12.2. The van der Waals surface area contributed by atoms with Gasteiger partial charge >= 0.3 is 17.7 Å². The van der Waals surface area contributed by atoms with Crippen molar-refractivity contribution in [3.05, 3.63) is 69.8 Å². The number of aryl methyl sites for hydroxylation is 3. The lowest BCUT2D eigenvalue weighted by Gasteiger charge is -2.45. The van der Waals surface area contributed by atoms with E-state index in [9.17, 15) is 28.3 Å². The monoisotopic (exact) mass is 584 g/mol. The molecule has 2 aromatic carbocycles. The number of nitrogens with one attached hydrogen (secondary N) is 1. The van der Waals surface area contributed by atoms with E-state index in [1.165, 1.54) is 9.47 Å². The average Bonchev–Trinajstić information content (AvgIpc) is 2.92. The number of alkyl halides is 2. The number of halogens is 2. The number of aliphatic carboxylic acids is 1. The Hall–Kier alpha value is -4.02. The number of nitrogens with zero attached hydrogens (tertiary/aromatic N) is 3. The van der Waals surface area contributed by atoms with Crippen LogP contribution < -0.4 is 15.7 Å². The number of carbonyl (C=O) groups is 2. The molecular formula is C31H38F2N4O5. The second-order valence-corrected chi connectivity index (χ2v) is 10.9. The van der Waals surface area contributed by atoms with E-state index >= 15 is 0 Å². The maximum Gasteiger partial charge on any atom is 0.348 e. The molecule has 1 aromatic heterocycles. The van der Waals surface area contributed by atoms with Gasteiger partial charge in [0.2, 0.25) is 0 Å². The third-order valence-corrected chi connectivity index (χ3v) is 7.91. The molecule has 42 heavy (non-hydrogen) atoms. The minimum absolute atomic E-state index is 0.254. The van der Waals surface area contributed by atoms with Gasteiger partial charge in [-0.15, -0.1) is 0 Å². The van der Waals surface area contributed by atoms with Crippen molar-refractivity contribution >= 4 is 22.9 Å². The predicted molar refractivity (Wildman–Crippen MR) is 155 cm³/mol. The first-order valence-electron chi connectivity index (χ1n) is 14.3. The van der Waals surface area contributed by atoms with Gasteiger partial charge in [-0.25, -0.2) is 23.2 Å². The van der Waals surface area contributed by atoms with Gasteiger partial charge in [-0.1, -0.05) is 30.3 Å². The van der Waals surface area contributed by atoms with Crippen molar-refractivity contribution < 1.29 is 28.2 Å². The Morgan fingerprint density at radius 3 is 2.45 bits per heavy atom. The van der Waals surface area contributed by atoms with Crippen LogP contribution in [0.2, 0.25) is 0 Å². The minimum atomic E-state index is -3.15. The zero-order valence-electron chi connectivity index (χ0n) is 24.5. The van der Waals surface area contributed by atoms with Gasteiger partial charge in [-0.3, -0.25) is 4.57 Å². The first-order chi connectivity index (χ1) is 19.9. The number of amides is 2. The van der Waals surface area contributed by atoms with E-state index in [1.807, 2.05) is 50.2 Å². The molecule has 0 spiro atoms. The Balaban J connectivity index is 1.69. The highest BCUT2D eigenvalue weighted by atomic mass is 19.3. The second kappa shape index (κ2) is 12.5. The molecule has 3 aromatic rings. The average molecular weight is 585 g/mol. The number of rotatable bonds is 12. The van der Waals surface area contributed by atoms with E-state index in [-0.39, 0.29) is 6.54 Å². The molecule has 0 aliphatic heterocycles. The van der Waals surface area contributed by atoms with Gasteiger partial charge in [0.15, 0.2) is 5.54 Å². The van der Waals surface area contributed by atoms with Gasteiger partial charge in [-0.05, 0) is 70.2 Å². The fourth-order valence-electron chi connectivity index (χ4n) is 5.68. The van der Waals surface area contributed by atoms with E-state index in [0.29, 0.717) is 47.5 Å². The molecular weight excluding hydrogens is 546 g/mol. The Morgan fingerprint density at radius 1 is 1.17 bits per heavy atom. The summed E-state index contributed by atoms with van der Waals surface area (Å²) in [5.74, 6) is -4.13. The van der Waals surface area contributed by atoms with Crippen molar-refractivity contribution in [1.29, 1.82) is 0 Å². The molecule has 1 fully saturated rings. The summed E-state index contributed by atoms with van der Waals surface area (Å²) in [6.07, 6.45) is 0.214. The highest BCUT2D eigenvalue weighted by molar-refractivity contribution is 5.89. The quantitative estimate of drug-likeness (QED) is 0.273. The molecule has 1 atom stereocenters. The number of benzene rings is 2. The van der Waals surface area contributed by atoms with E-state index < -0.39 is 48.0 Å². The van der Waals surface area contributed by atoms with Crippen LogP contribution in [-0.2, 0) is 17.8 Å². The summed E-state index contributed by atoms with van der Waals surface area (Å²) < 4.78 is 35.1. The van der Waals surface area contributed by atoms with Crippen LogP contribution in [0, 0.1) is 6.92 Å². The standard InChI is InChI=1S/C31H38F2N4O5/c1-5-36-24-16-23(17-25(42-6-2)26(24)20(3)34-28(36)40)21(4)37(15-11-10-14-22-12-8-7-9-13-22)29(41)35-30(27(38)39)18-31(32,33)19-30/h7-9,12-13,16-17,21H,5-6,10-11,14-15,18-19H2,1-4H3,(H,35,41)(H,38,39). The molecule has 11 heteroatoms. The maximum absolute atomic E-state index is 13.8. The first kappa shape index (κ1) is 30.9. The predicted octanol–water partition coefficient (Wildman–Crippen LogP) is 5.47. The van der Waals surface area contributed by atoms with Crippen molar-refractivity contribution in [3.8, 4) is 5.75 Å². The Kier molecular flexibility index (Phi) is 9.18. The SMILES string of the molecule is CCOc1cc(C(C)N(CCCCc2ccccc2)C(=O)NC2(C(=O)O)CC(F)(F)C2)cc2c1c(C)nc(=O)n2CC. The van der Waals surface area contributed by atoms with Crippen LogP contribution in [0.5, 0.6) is 5.75 Å². The molecule has 226 valence electrons. The van der Waals surface area contributed by atoms with Crippen molar-refractivity contribution in [2.75, 3.05) is 13.2 Å². The van der Waals surface area contributed by atoms with Crippen molar-refractivity contribution in [2.45, 2.75) is 83.8 Å². The van der Waals surface area contributed by atoms with Crippen LogP contribution in [0.4, 0.5) is 13.6 Å². The maximum atomic E-state index is 13.8. The van der Waals surface area contributed by atoms with Crippen LogP contribution in [0.1, 0.15) is 69.3 Å². The topological polar surface area (TPSA) is 114 Å². The molecule has 0 radical (unpaired) electrons. The largest absolute Gasteiger partial charge is 0.493 e. The Labute approximate surface area is 243 Å². The number of aromatic nitrogens is 2. The van der Waals surface area contributed by atoms with Crippen LogP contribution in [0.25, 0.3) is 10.9 Å². The van der Waals surface area contributed by atoms with Crippen LogP contribution in [-0.4, -0.2) is 56.2 Å². The highest BCUT2D eigenvalue weighted by Gasteiger charge is 2.62. The van der Waals surface area contributed by atoms with Gasteiger partial charge in [0.25, 0.3) is 5.92 Å². The number of carboxylic acids is 1. The molecule has 2 amide bonds. The number of carboxylic acid groups (broad SMARTS) is 1. The lowest BCUT2D eigenvalue weighted by Crippen LogP contribution is -2.68. The summed E-state index contributed by atoms with van der Waals surface area (Å²) in [7, 11) is 0. The zero-order valence-corrected chi connectivity index (χ0v) is 24.5. The first-order valence-corrected chi connectivity index (χ1v) is 14.3. The number of ether oxygens (including phenoxy) is 1. The van der Waals surface area contributed by atoms with E-state index in [0.717, 1.165) is 18.4 Å². The van der Waals surface area contributed by atoms with Gasteiger partial charge in [0, 0.05) is 25.9 Å². The highest BCUT2D eigenvalue weighted by Crippen LogP contribution is 2.46. The van der Waals surface area contributed by atoms with Gasteiger partial charge < -0.3 is 20.1 Å². The zero-order chi connectivity index (χ0) is 30.7. The van der Waals surface area contributed by atoms with Gasteiger partial charge in [0.1, 0.15) is 5.75 Å².